The predicted molar refractivity (Wildman–Crippen MR) is 166 cm³/mol. The number of nitrogens with zero attached hydrogens (tertiary/aromatic N) is 1. The molecule has 1 heteroatoms. The first-order valence-electron chi connectivity index (χ1n) is 14.1. The highest BCUT2D eigenvalue weighted by atomic mass is 14.9. The molecule has 1 nitrogen and oxygen atoms in total. The van der Waals surface area contributed by atoms with Crippen LogP contribution in [0.4, 0.5) is 0 Å². The Morgan fingerprint density at radius 1 is 0.590 bits per heavy atom. The van der Waals surface area contributed by atoms with Gasteiger partial charge in [-0.3, -0.25) is 0 Å². The molecule has 2 heterocycles. The summed E-state index contributed by atoms with van der Waals surface area (Å²) in [5.41, 5.74) is 10.2. The first-order valence-corrected chi connectivity index (χ1v) is 14.1. The van der Waals surface area contributed by atoms with Crippen molar-refractivity contribution in [2.45, 2.75) is 32.1 Å². The molecule has 0 spiro atoms. The molecule has 0 radical (unpaired) electrons. The van der Waals surface area contributed by atoms with Gasteiger partial charge in [0.25, 0.3) is 0 Å². The monoisotopic (exact) mass is 502 g/mol. The van der Waals surface area contributed by atoms with E-state index >= 15 is 0 Å². The van der Waals surface area contributed by atoms with E-state index in [-0.39, 0.29) is 5.41 Å². The van der Waals surface area contributed by atoms with Crippen LogP contribution in [0.2, 0.25) is 0 Å². The van der Waals surface area contributed by atoms with E-state index in [0.29, 0.717) is 0 Å². The van der Waals surface area contributed by atoms with E-state index in [1.807, 2.05) is 0 Å². The van der Waals surface area contributed by atoms with Crippen molar-refractivity contribution < 1.29 is 4.57 Å². The molecule has 0 atom stereocenters. The van der Waals surface area contributed by atoms with Gasteiger partial charge in [0.1, 0.15) is 0 Å². The third-order valence-electron chi connectivity index (χ3n) is 8.78. The van der Waals surface area contributed by atoms with Crippen LogP contribution in [0.15, 0.2) is 128 Å². The Hall–Kier alpha value is -4.49. The van der Waals surface area contributed by atoms with Crippen LogP contribution in [-0.4, -0.2) is 0 Å². The summed E-state index contributed by atoms with van der Waals surface area (Å²) in [6, 6.07) is 42.3. The van der Waals surface area contributed by atoms with Gasteiger partial charge in [-0.25, -0.2) is 0 Å². The lowest BCUT2D eigenvalue weighted by Gasteiger charge is -2.29. The first-order chi connectivity index (χ1) is 19.2. The number of allylic oxidation sites excluding steroid dienone is 1. The summed E-state index contributed by atoms with van der Waals surface area (Å²) in [5, 5.41) is 3.98. The molecular weight excluding hydrogens is 470 g/mol. The van der Waals surface area contributed by atoms with Gasteiger partial charge in [-0.15, -0.1) is 0 Å². The Kier molecular flexibility index (Phi) is 5.67. The van der Waals surface area contributed by atoms with Crippen LogP contribution in [0.3, 0.4) is 0 Å². The van der Waals surface area contributed by atoms with E-state index in [9.17, 15) is 0 Å². The van der Waals surface area contributed by atoms with E-state index in [2.05, 4.69) is 152 Å². The second-order valence-electron chi connectivity index (χ2n) is 10.7. The summed E-state index contributed by atoms with van der Waals surface area (Å²) in [4.78, 5) is 0. The largest absolute Gasteiger partial charge is 0.226 e. The van der Waals surface area contributed by atoms with Crippen molar-refractivity contribution in [1.29, 1.82) is 0 Å². The summed E-state index contributed by atoms with van der Waals surface area (Å²) in [5.74, 6) is 0. The summed E-state index contributed by atoms with van der Waals surface area (Å²) < 4.78 is 2.33. The molecule has 1 aliphatic heterocycles. The Labute approximate surface area is 230 Å². The zero-order valence-electron chi connectivity index (χ0n) is 22.6. The van der Waals surface area contributed by atoms with Gasteiger partial charge in [0.15, 0.2) is 12.4 Å². The van der Waals surface area contributed by atoms with E-state index in [0.717, 1.165) is 12.8 Å². The number of hydrogen-bond donors (Lipinski definition) is 0. The molecule has 0 saturated heterocycles. The van der Waals surface area contributed by atoms with Crippen LogP contribution in [0.25, 0.3) is 61.3 Å². The quantitative estimate of drug-likeness (QED) is 0.163. The molecule has 1 aliphatic rings. The van der Waals surface area contributed by atoms with Crippen molar-refractivity contribution in [3.8, 4) is 33.4 Å². The number of rotatable bonds is 5. The maximum atomic E-state index is 2.43. The van der Waals surface area contributed by atoms with E-state index in [1.54, 1.807) is 0 Å². The van der Waals surface area contributed by atoms with Crippen molar-refractivity contribution in [3.63, 3.8) is 0 Å². The molecule has 6 aromatic rings. The highest BCUT2D eigenvalue weighted by molar-refractivity contribution is 6.12. The normalized spacial score (nSPS) is 13.7. The zero-order valence-corrected chi connectivity index (χ0v) is 22.6. The average Bonchev–Trinajstić information content (AvgIpc) is 3.16. The molecule has 0 saturated carbocycles. The highest BCUT2D eigenvalue weighted by Gasteiger charge is 2.33. The van der Waals surface area contributed by atoms with Crippen LogP contribution in [-0.2, 0) is 5.41 Å². The standard InChI is InChI=1S/C38H32N/c1-3-38(4-2)21-23-39-22-11-16-29-17-18-34-33(19-20-35(38)36(34)37(29)39)32-25-30(27-12-7-5-8-13-27)24-31(26-32)28-14-9-6-10-15-28/h5-26H,3-4H2,1-2H3/q+1. The molecular formula is C38H32N+. The van der Waals surface area contributed by atoms with Crippen LogP contribution in [0, 0.1) is 0 Å². The summed E-state index contributed by atoms with van der Waals surface area (Å²) in [7, 11) is 0. The van der Waals surface area contributed by atoms with Gasteiger partial charge in [-0.05, 0) is 93.6 Å². The fourth-order valence-corrected chi connectivity index (χ4v) is 6.52. The minimum absolute atomic E-state index is 0.0121. The minimum atomic E-state index is 0.0121. The van der Waals surface area contributed by atoms with Crippen LogP contribution < -0.4 is 4.57 Å². The van der Waals surface area contributed by atoms with Gasteiger partial charge < -0.3 is 0 Å². The number of pyridine rings is 1. The number of hydrogen-bond acceptors (Lipinski definition) is 0. The summed E-state index contributed by atoms with van der Waals surface area (Å²) >= 11 is 0. The highest BCUT2D eigenvalue weighted by Crippen LogP contribution is 2.45. The molecule has 0 N–H and O–H groups in total. The third kappa shape index (κ3) is 3.81. The lowest BCUT2D eigenvalue weighted by molar-refractivity contribution is -0.538. The maximum absolute atomic E-state index is 2.43. The average molecular weight is 503 g/mol. The molecule has 0 aliphatic carbocycles. The lowest BCUT2D eigenvalue weighted by Crippen LogP contribution is -2.26. The van der Waals surface area contributed by atoms with Crippen LogP contribution in [0.1, 0.15) is 32.3 Å². The Morgan fingerprint density at radius 2 is 1.23 bits per heavy atom. The Balaban J connectivity index is 1.56. The van der Waals surface area contributed by atoms with Gasteiger partial charge in [0, 0.05) is 16.9 Å². The summed E-state index contributed by atoms with van der Waals surface area (Å²) in [6.07, 6.45) is 9.06. The molecule has 1 aromatic heterocycles. The molecule has 0 fully saturated rings. The lowest BCUT2D eigenvalue weighted by atomic mass is 9.73. The molecule has 0 unspecified atom stereocenters. The zero-order chi connectivity index (χ0) is 26.4. The van der Waals surface area contributed by atoms with Gasteiger partial charge in [-0.1, -0.05) is 92.7 Å². The molecule has 0 bridgehead atoms. The maximum Gasteiger partial charge on any atom is 0.226 e. The van der Waals surface area contributed by atoms with Crippen molar-refractivity contribution in [2.75, 3.05) is 0 Å². The van der Waals surface area contributed by atoms with Gasteiger partial charge in [0.05, 0.1) is 5.39 Å². The fourth-order valence-electron chi connectivity index (χ4n) is 6.52. The van der Waals surface area contributed by atoms with Crippen molar-refractivity contribution in [3.05, 3.63) is 133 Å². The minimum Gasteiger partial charge on any atom is -0.166 e. The predicted octanol–water partition coefficient (Wildman–Crippen LogP) is 9.82. The molecule has 7 rings (SSSR count). The topological polar surface area (TPSA) is 3.88 Å². The van der Waals surface area contributed by atoms with Crippen molar-refractivity contribution >= 4 is 27.9 Å². The van der Waals surface area contributed by atoms with Crippen molar-refractivity contribution in [2.24, 2.45) is 0 Å². The van der Waals surface area contributed by atoms with E-state index in [4.69, 9.17) is 0 Å². The Morgan fingerprint density at radius 3 is 1.87 bits per heavy atom. The van der Waals surface area contributed by atoms with E-state index < -0.39 is 0 Å². The third-order valence-corrected chi connectivity index (χ3v) is 8.78. The van der Waals surface area contributed by atoms with Crippen molar-refractivity contribution in [1.82, 2.24) is 0 Å². The van der Waals surface area contributed by atoms with Crippen LogP contribution >= 0.6 is 0 Å². The smallest absolute Gasteiger partial charge is 0.166 e. The second kappa shape index (κ2) is 9.36. The summed E-state index contributed by atoms with van der Waals surface area (Å²) in [6.45, 7) is 4.65. The molecule has 5 aromatic carbocycles. The first kappa shape index (κ1) is 23.6. The molecule has 0 amide bonds. The van der Waals surface area contributed by atoms with Crippen LogP contribution in [0.5, 0.6) is 0 Å². The fraction of sp³-hybridized carbons (Fsp3) is 0.132. The van der Waals surface area contributed by atoms with Gasteiger partial charge in [0.2, 0.25) is 5.52 Å². The molecule has 188 valence electrons. The number of benzene rings is 5. The SMILES string of the molecule is CCC1(CC)C=C[n+]2cccc3ccc4c(-c5cc(-c6ccccc6)cc(-c6ccccc6)c5)ccc1c4c32. The number of aromatic nitrogens is 1. The van der Waals surface area contributed by atoms with Gasteiger partial charge in [-0.2, -0.15) is 4.57 Å². The van der Waals surface area contributed by atoms with Gasteiger partial charge >= 0.3 is 0 Å². The van der Waals surface area contributed by atoms with E-state index in [1.165, 1.54) is 60.6 Å². The molecule has 39 heavy (non-hydrogen) atoms. The Bertz CT molecular complexity index is 1800. The second-order valence-corrected chi connectivity index (χ2v) is 10.7.